The molecule has 0 spiro atoms. The molecule has 3 aliphatic rings. The van der Waals surface area contributed by atoms with Gasteiger partial charge in [0.15, 0.2) is 0 Å². The zero-order chi connectivity index (χ0) is 22.2. The highest BCUT2D eigenvalue weighted by Crippen LogP contribution is 2.43. The number of thioether (sulfide) groups is 1. The van der Waals surface area contributed by atoms with Crippen molar-refractivity contribution < 1.29 is 9.53 Å². The van der Waals surface area contributed by atoms with E-state index in [0.717, 1.165) is 91.0 Å². The van der Waals surface area contributed by atoms with Crippen molar-refractivity contribution in [3.8, 4) is 0 Å². The van der Waals surface area contributed by atoms with Gasteiger partial charge in [-0.25, -0.2) is 15.0 Å². The molecule has 6 rings (SSSR count). The van der Waals surface area contributed by atoms with Gasteiger partial charge in [0.1, 0.15) is 22.0 Å². The molecule has 3 aromatic heterocycles. The molecule has 0 unspecified atom stereocenters. The first-order chi connectivity index (χ1) is 16.3. The zero-order valence-electron chi connectivity index (χ0n) is 18.8. The third-order valence-electron chi connectivity index (χ3n) is 7.02. The lowest BCUT2D eigenvalue weighted by molar-refractivity contribution is -0.129. The number of likely N-dealkylation sites (tertiary alicyclic amines) is 1. The van der Waals surface area contributed by atoms with Crippen LogP contribution in [-0.2, 0) is 22.4 Å². The monoisotopic (exact) mass is 483 g/mol. The van der Waals surface area contributed by atoms with Crippen LogP contribution in [0.3, 0.4) is 0 Å². The van der Waals surface area contributed by atoms with Gasteiger partial charge in [-0.2, -0.15) is 0 Å². The molecule has 0 atom stereocenters. The topological polar surface area (TPSA) is 71.5 Å². The van der Waals surface area contributed by atoms with Crippen molar-refractivity contribution in [3.63, 3.8) is 0 Å². The number of carbonyl (C=O) groups excluding carboxylic acids is 1. The fraction of sp³-hybridized carbons (Fsp3) is 0.583. The van der Waals surface area contributed by atoms with Crippen LogP contribution in [0.4, 0.5) is 5.82 Å². The molecule has 33 heavy (non-hydrogen) atoms. The number of nitrogens with zero attached hydrogens (tertiary/aromatic N) is 5. The summed E-state index contributed by atoms with van der Waals surface area (Å²) in [4.78, 5) is 32.7. The van der Waals surface area contributed by atoms with E-state index >= 15 is 0 Å². The summed E-state index contributed by atoms with van der Waals surface area (Å²) >= 11 is 3.24. The first-order valence-corrected chi connectivity index (χ1v) is 13.9. The van der Waals surface area contributed by atoms with Crippen molar-refractivity contribution >= 4 is 55.3 Å². The SMILES string of the molecule is O=C(CSc1ncnc2c1sc1nc(N3CCOCC3)c3c(c12)CCCC3)N1CCCCC1. The summed E-state index contributed by atoms with van der Waals surface area (Å²) in [6, 6.07) is 0. The Morgan fingerprint density at radius 1 is 1.00 bits per heavy atom. The second-order valence-corrected chi connectivity index (χ2v) is 11.0. The van der Waals surface area contributed by atoms with Crippen LogP contribution >= 0.6 is 23.1 Å². The standard InChI is InChI=1S/C24H29N5O2S2/c30-18(28-8-4-1-5-9-28)14-32-24-21-20(25-15-26-24)19-16-6-2-3-7-17(16)22(27-23(19)33-21)29-10-12-31-13-11-29/h15H,1-14H2. The van der Waals surface area contributed by atoms with Gasteiger partial charge < -0.3 is 14.5 Å². The molecule has 0 saturated carbocycles. The molecule has 5 heterocycles. The van der Waals surface area contributed by atoms with E-state index in [2.05, 4.69) is 9.88 Å². The molecular formula is C24H29N5O2S2. The number of thiophene rings is 1. The molecule has 1 aliphatic carbocycles. The maximum atomic E-state index is 12.7. The number of piperidine rings is 1. The van der Waals surface area contributed by atoms with Gasteiger partial charge in [0.2, 0.25) is 5.91 Å². The largest absolute Gasteiger partial charge is 0.378 e. The quantitative estimate of drug-likeness (QED) is 0.409. The molecule has 9 heteroatoms. The van der Waals surface area contributed by atoms with Crippen LogP contribution in [0.25, 0.3) is 20.4 Å². The lowest BCUT2D eigenvalue weighted by atomic mass is 9.90. The van der Waals surface area contributed by atoms with E-state index in [1.54, 1.807) is 29.4 Å². The van der Waals surface area contributed by atoms with E-state index in [0.29, 0.717) is 5.75 Å². The molecule has 174 valence electrons. The normalized spacial score (nSPS) is 19.3. The highest BCUT2D eigenvalue weighted by Gasteiger charge is 2.27. The van der Waals surface area contributed by atoms with E-state index in [1.807, 2.05) is 4.90 Å². The van der Waals surface area contributed by atoms with Crippen LogP contribution in [0.15, 0.2) is 11.4 Å². The number of aryl methyl sites for hydroxylation is 1. The Kier molecular flexibility index (Phi) is 6.11. The predicted octanol–water partition coefficient (Wildman–Crippen LogP) is 4.06. The van der Waals surface area contributed by atoms with E-state index in [9.17, 15) is 4.79 Å². The average molecular weight is 484 g/mol. The number of rotatable bonds is 4. The summed E-state index contributed by atoms with van der Waals surface area (Å²) in [5.41, 5.74) is 3.85. The third-order valence-corrected chi connectivity index (χ3v) is 9.20. The average Bonchev–Trinajstić information content (AvgIpc) is 3.27. The van der Waals surface area contributed by atoms with Gasteiger partial charge in [-0.1, -0.05) is 11.8 Å². The van der Waals surface area contributed by atoms with E-state index in [4.69, 9.17) is 14.7 Å². The molecule has 7 nitrogen and oxygen atoms in total. The number of hydrogen-bond donors (Lipinski definition) is 0. The van der Waals surface area contributed by atoms with Gasteiger partial charge in [-0.05, 0) is 56.1 Å². The van der Waals surface area contributed by atoms with Crippen LogP contribution in [-0.4, -0.2) is 70.9 Å². The Bertz CT molecular complexity index is 1180. The fourth-order valence-electron chi connectivity index (χ4n) is 5.32. The number of morpholine rings is 1. The van der Waals surface area contributed by atoms with E-state index < -0.39 is 0 Å². The molecule has 2 saturated heterocycles. The molecular weight excluding hydrogens is 454 g/mol. The summed E-state index contributed by atoms with van der Waals surface area (Å²) in [7, 11) is 0. The Balaban J connectivity index is 1.38. The minimum Gasteiger partial charge on any atom is -0.378 e. The number of anilines is 1. The third kappa shape index (κ3) is 4.08. The summed E-state index contributed by atoms with van der Waals surface area (Å²) in [6.45, 7) is 5.10. The van der Waals surface area contributed by atoms with Gasteiger partial charge in [0.05, 0.1) is 29.2 Å². The van der Waals surface area contributed by atoms with Gasteiger partial charge in [-0.3, -0.25) is 4.79 Å². The van der Waals surface area contributed by atoms with Crippen molar-refractivity contribution in [3.05, 3.63) is 17.5 Å². The van der Waals surface area contributed by atoms with Crippen LogP contribution in [0.5, 0.6) is 0 Å². The summed E-state index contributed by atoms with van der Waals surface area (Å²) in [5.74, 6) is 1.80. The van der Waals surface area contributed by atoms with Gasteiger partial charge in [0.25, 0.3) is 0 Å². The molecule has 0 N–H and O–H groups in total. The smallest absolute Gasteiger partial charge is 0.232 e. The van der Waals surface area contributed by atoms with Gasteiger partial charge >= 0.3 is 0 Å². The van der Waals surface area contributed by atoms with Gasteiger partial charge in [-0.15, -0.1) is 11.3 Å². The van der Waals surface area contributed by atoms with Gasteiger partial charge in [0, 0.05) is 31.6 Å². The molecule has 2 aliphatic heterocycles. The van der Waals surface area contributed by atoms with Crippen molar-refractivity contribution in [2.75, 3.05) is 50.0 Å². The van der Waals surface area contributed by atoms with Crippen LogP contribution in [0.2, 0.25) is 0 Å². The number of carbonyl (C=O) groups is 1. The van der Waals surface area contributed by atoms with Crippen LogP contribution < -0.4 is 4.90 Å². The molecule has 0 aromatic carbocycles. The second kappa shape index (κ2) is 9.35. The fourth-order valence-corrected chi connectivity index (χ4v) is 7.46. The maximum absolute atomic E-state index is 12.7. The molecule has 1 amide bonds. The Morgan fingerprint density at radius 3 is 2.61 bits per heavy atom. The van der Waals surface area contributed by atoms with Crippen LogP contribution in [0, 0.1) is 0 Å². The second-order valence-electron chi connectivity index (χ2n) is 9.07. The Labute approximate surface area is 201 Å². The highest BCUT2D eigenvalue weighted by molar-refractivity contribution is 8.00. The molecule has 2 fully saturated rings. The number of pyridine rings is 1. The Morgan fingerprint density at radius 2 is 1.79 bits per heavy atom. The summed E-state index contributed by atoms with van der Waals surface area (Å²) in [6.07, 6.45) is 9.72. The number of hydrogen-bond acceptors (Lipinski definition) is 8. The number of fused-ring (bicyclic) bond motifs is 5. The first-order valence-electron chi connectivity index (χ1n) is 12.1. The van der Waals surface area contributed by atoms with Crippen LogP contribution in [0.1, 0.15) is 43.2 Å². The van der Waals surface area contributed by atoms with Crippen molar-refractivity contribution in [2.24, 2.45) is 0 Å². The number of aromatic nitrogens is 3. The van der Waals surface area contributed by atoms with Crippen molar-refractivity contribution in [1.29, 1.82) is 0 Å². The highest BCUT2D eigenvalue weighted by atomic mass is 32.2. The number of amides is 1. The molecule has 0 radical (unpaired) electrons. The summed E-state index contributed by atoms with van der Waals surface area (Å²) in [5, 5.41) is 2.12. The molecule has 3 aromatic rings. The van der Waals surface area contributed by atoms with E-state index in [1.165, 1.54) is 35.8 Å². The Hall–Kier alpha value is -1.97. The van der Waals surface area contributed by atoms with Crippen molar-refractivity contribution in [1.82, 2.24) is 19.9 Å². The molecule has 0 bridgehead atoms. The number of ether oxygens (including phenoxy) is 1. The lowest BCUT2D eigenvalue weighted by Crippen LogP contribution is -2.37. The lowest BCUT2D eigenvalue weighted by Gasteiger charge is -2.31. The maximum Gasteiger partial charge on any atom is 0.232 e. The predicted molar refractivity (Wildman–Crippen MR) is 134 cm³/mol. The first kappa shape index (κ1) is 21.6. The summed E-state index contributed by atoms with van der Waals surface area (Å²) < 4.78 is 6.66. The minimum absolute atomic E-state index is 0.220. The van der Waals surface area contributed by atoms with E-state index in [-0.39, 0.29) is 5.91 Å². The van der Waals surface area contributed by atoms with Crippen molar-refractivity contribution in [2.45, 2.75) is 50.0 Å². The zero-order valence-corrected chi connectivity index (χ0v) is 20.5. The minimum atomic E-state index is 0.220.